The van der Waals surface area contributed by atoms with Crippen LogP contribution in [0.4, 0.5) is 0 Å². The number of hydrogen-bond donors (Lipinski definition) is 2. The van der Waals surface area contributed by atoms with Crippen molar-refractivity contribution in [1.29, 1.82) is 0 Å². The molecule has 2 aromatic rings. The van der Waals surface area contributed by atoms with E-state index < -0.39 is 11.5 Å². The number of nitrogens with zero attached hydrogens (tertiary/aromatic N) is 3. The highest BCUT2D eigenvalue weighted by Crippen LogP contribution is 2.46. The number of aromatic nitrogens is 2. The van der Waals surface area contributed by atoms with Crippen molar-refractivity contribution >= 4 is 17.4 Å². The maximum absolute atomic E-state index is 12.1. The number of carbonyl (C=O) groups is 2. The van der Waals surface area contributed by atoms with Gasteiger partial charge < -0.3 is 20.3 Å². The average molecular weight is 374 g/mol. The molecule has 4 aliphatic rings. The Labute approximate surface area is 161 Å². The summed E-state index contributed by atoms with van der Waals surface area (Å²) >= 11 is 0. The molecule has 0 saturated carbocycles. The first-order valence-electron chi connectivity index (χ1n) is 9.11. The normalized spacial score (nSPS) is 24.4. The lowest BCUT2D eigenvalue weighted by Crippen LogP contribution is -2.37. The zero-order chi connectivity index (χ0) is 19.6. The van der Waals surface area contributed by atoms with Gasteiger partial charge in [-0.05, 0) is 29.7 Å². The van der Waals surface area contributed by atoms with Gasteiger partial charge >= 0.3 is 0 Å². The third kappa shape index (κ3) is 2.31. The highest BCUT2D eigenvalue weighted by molar-refractivity contribution is 5.93. The van der Waals surface area contributed by atoms with Crippen LogP contribution in [-0.2, 0) is 4.79 Å². The number of aliphatic hydroxyl groups is 1. The number of carbonyl (C=O) groups excluding carboxylic acids is 2. The molecule has 2 bridgehead atoms. The number of amides is 2. The first-order valence-corrected chi connectivity index (χ1v) is 9.11. The molecule has 6 rings (SSSR count). The Morgan fingerprint density at radius 3 is 2.86 bits per heavy atom. The van der Waals surface area contributed by atoms with E-state index in [1.54, 1.807) is 13.2 Å². The van der Waals surface area contributed by atoms with E-state index in [2.05, 4.69) is 22.9 Å². The van der Waals surface area contributed by atoms with E-state index in [1.165, 1.54) is 10.5 Å². The number of likely N-dealkylation sites (N-methyl/N-ethyl adjacent to an activating group) is 1. The SMILES string of the molecule is CN1CC[C@@](O)(C#Cc2ccc3c(c2)-c2nc(C(N)=O)cn2C2C=C3C2)C1=O. The van der Waals surface area contributed by atoms with Crippen molar-refractivity contribution in [2.75, 3.05) is 13.6 Å². The molecule has 1 unspecified atom stereocenters. The first kappa shape index (κ1) is 16.8. The Balaban J connectivity index is 1.59. The Hall–Kier alpha value is -3.37. The maximum Gasteiger partial charge on any atom is 0.268 e. The van der Waals surface area contributed by atoms with Crippen molar-refractivity contribution in [1.82, 2.24) is 14.5 Å². The molecule has 1 aromatic heterocycles. The van der Waals surface area contributed by atoms with Gasteiger partial charge in [0.2, 0.25) is 5.60 Å². The quantitative estimate of drug-likeness (QED) is 0.725. The number of nitrogens with two attached hydrogens (primary N) is 1. The van der Waals surface area contributed by atoms with Crippen molar-refractivity contribution in [3.05, 3.63) is 47.3 Å². The van der Waals surface area contributed by atoms with Crippen LogP contribution in [0.1, 0.15) is 40.5 Å². The number of allylic oxidation sites excluding steroid dienone is 2. The summed E-state index contributed by atoms with van der Waals surface area (Å²) < 4.78 is 1.97. The van der Waals surface area contributed by atoms with Crippen LogP contribution < -0.4 is 5.73 Å². The van der Waals surface area contributed by atoms with Gasteiger partial charge in [-0.15, -0.1) is 0 Å². The molecule has 1 aliphatic carbocycles. The number of primary amides is 1. The van der Waals surface area contributed by atoms with Crippen LogP contribution in [0.15, 0.2) is 30.5 Å². The number of hydrogen-bond acceptors (Lipinski definition) is 4. The van der Waals surface area contributed by atoms with Crippen molar-refractivity contribution < 1.29 is 14.7 Å². The van der Waals surface area contributed by atoms with Crippen LogP contribution in [0.25, 0.3) is 17.0 Å². The lowest BCUT2D eigenvalue weighted by molar-refractivity contribution is -0.137. The number of imidazole rings is 1. The van der Waals surface area contributed by atoms with Gasteiger partial charge in [-0.3, -0.25) is 9.59 Å². The van der Waals surface area contributed by atoms with Crippen molar-refractivity contribution in [2.24, 2.45) is 5.73 Å². The summed E-state index contributed by atoms with van der Waals surface area (Å²) in [6, 6.07) is 5.91. The summed E-state index contributed by atoms with van der Waals surface area (Å²) in [6.07, 6.45) is 5.02. The maximum atomic E-state index is 12.1. The fourth-order valence-electron chi connectivity index (χ4n) is 4.00. The molecular weight excluding hydrogens is 356 g/mol. The van der Waals surface area contributed by atoms with Gasteiger partial charge in [0.05, 0.1) is 6.04 Å². The Kier molecular flexibility index (Phi) is 3.33. The number of benzene rings is 1. The van der Waals surface area contributed by atoms with E-state index in [4.69, 9.17) is 5.73 Å². The molecule has 1 aromatic carbocycles. The van der Waals surface area contributed by atoms with Crippen molar-refractivity contribution in [2.45, 2.75) is 24.5 Å². The largest absolute Gasteiger partial charge is 0.369 e. The standard InChI is InChI=1S/C21H18N4O3/c1-24-7-6-21(28,20(24)27)5-4-12-2-3-15-13-9-14(10-13)25-11-17(18(22)26)23-19(25)16(15)8-12/h2-3,8-9,11,14,28H,6-7,10H2,1H3,(H2,22,26)/t14?,21-/m0/s1. The smallest absolute Gasteiger partial charge is 0.268 e. The molecule has 2 atom stereocenters. The van der Waals surface area contributed by atoms with E-state index in [1.807, 2.05) is 22.8 Å². The second-order valence-corrected chi connectivity index (χ2v) is 7.53. The summed E-state index contributed by atoms with van der Waals surface area (Å²) in [5.74, 6) is 5.43. The van der Waals surface area contributed by atoms with Crippen LogP contribution in [0.5, 0.6) is 0 Å². The summed E-state index contributed by atoms with van der Waals surface area (Å²) in [6.45, 7) is 0.483. The second-order valence-electron chi connectivity index (χ2n) is 7.53. The lowest BCUT2D eigenvalue weighted by Gasteiger charge is -2.24. The Morgan fingerprint density at radius 1 is 1.39 bits per heavy atom. The minimum absolute atomic E-state index is 0.167. The minimum atomic E-state index is -1.64. The summed E-state index contributed by atoms with van der Waals surface area (Å²) in [7, 11) is 1.65. The summed E-state index contributed by atoms with van der Waals surface area (Å²) in [5.41, 5.74) is 7.83. The molecule has 7 heteroatoms. The number of rotatable bonds is 1. The first-order chi connectivity index (χ1) is 13.4. The highest BCUT2D eigenvalue weighted by Gasteiger charge is 2.42. The van der Waals surface area contributed by atoms with Crippen LogP contribution in [0, 0.1) is 11.8 Å². The van der Waals surface area contributed by atoms with Gasteiger partial charge in [0.15, 0.2) is 0 Å². The third-order valence-corrected chi connectivity index (χ3v) is 5.69. The topological polar surface area (TPSA) is 101 Å². The molecule has 4 heterocycles. The van der Waals surface area contributed by atoms with E-state index in [9.17, 15) is 14.7 Å². The van der Waals surface area contributed by atoms with Crippen molar-refractivity contribution in [3.8, 4) is 23.2 Å². The van der Waals surface area contributed by atoms with Crippen LogP contribution in [0.3, 0.4) is 0 Å². The number of likely N-dealkylation sites (tertiary alicyclic amines) is 1. The van der Waals surface area contributed by atoms with E-state index in [0.717, 1.165) is 17.5 Å². The molecule has 28 heavy (non-hydrogen) atoms. The summed E-state index contributed by atoms with van der Waals surface area (Å²) in [5, 5.41) is 10.5. The van der Waals surface area contributed by atoms with Gasteiger partial charge in [-0.25, -0.2) is 4.98 Å². The zero-order valence-electron chi connectivity index (χ0n) is 15.3. The van der Waals surface area contributed by atoms with Gasteiger partial charge in [0.25, 0.3) is 11.8 Å². The monoisotopic (exact) mass is 374 g/mol. The molecule has 1 saturated heterocycles. The summed E-state index contributed by atoms with van der Waals surface area (Å²) in [4.78, 5) is 29.6. The fraction of sp³-hybridized carbons (Fsp3) is 0.286. The Morgan fingerprint density at radius 2 is 2.18 bits per heavy atom. The fourth-order valence-corrected chi connectivity index (χ4v) is 4.00. The average Bonchev–Trinajstić information content (AvgIpc) is 3.11. The van der Waals surface area contributed by atoms with Crippen LogP contribution in [-0.4, -0.2) is 50.6 Å². The van der Waals surface area contributed by atoms with E-state index in [-0.39, 0.29) is 17.6 Å². The molecule has 7 nitrogen and oxygen atoms in total. The lowest BCUT2D eigenvalue weighted by atomic mass is 9.86. The van der Waals surface area contributed by atoms with Crippen LogP contribution in [0.2, 0.25) is 0 Å². The molecule has 1 fully saturated rings. The molecular formula is C21H18N4O3. The zero-order valence-corrected chi connectivity index (χ0v) is 15.3. The molecule has 0 radical (unpaired) electrons. The van der Waals surface area contributed by atoms with Gasteiger partial charge in [0.1, 0.15) is 11.5 Å². The third-order valence-electron chi connectivity index (χ3n) is 5.69. The molecule has 3 aliphatic heterocycles. The van der Waals surface area contributed by atoms with Crippen molar-refractivity contribution in [3.63, 3.8) is 0 Å². The Bertz CT molecular complexity index is 1150. The predicted octanol–water partition coefficient (Wildman–Crippen LogP) is 0.936. The van der Waals surface area contributed by atoms with Crippen LogP contribution >= 0.6 is 0 Å². The van der Waals surface area contributed by atoms with E-state index in [0.29, 0.717) is 24.4 Å². The minimum Gasteiger partial charge on any atom is -0.369 e. The molecule has 140 valence electrons. The molecule has 0 spiro atoms. The predicted molar refractivity (Wildman–Crippen MR) is 102 cm³/mol. The van der Waals surface area contributed by atoms with Gasteiger partial charge in [0, 0.05) is 37.3 Å². The molecule has 2 amide bonds. The van der Waals surface area contributed by atoms with Gasteiger partial charge in [-0.2, -0.15) is 0 Å². The second kappa shape index (κ2) is 5.57. The van der Waals surface area contributed by atoms with E-state index >= 15 is 0 Å². The van der Waals surface area contributed by atoms with Gasteiger partial charge in [-0.1, -0.05) is 24.0 Å². The highest BCUT2D eigenvalue weighted by atomic mass is 16.3. The molecule has 3 N–H and O–H groups in total.